The molecule has 2 rings (SSSR count). The zero-order valence-electron chi connectivity index (χ0n) is 11.5. The molecular weight excluding hydrogens is 320 g/mol. The first-order valence-corrected chi connectivity index (χ1v) is 7.89. The Morgan fingerprint density at radius 2 is 2.15 bits per heavy atom. The normalized spacial score (nSPS) is 15.2. The number of para-hydroxylation sites is 1. The largest absolute Gasteiger partial charge is 0.396 e. The second-order valence-electron chi connectivity index (χ2n) is 5.16. The summed E-state index contributed by atoms with van der Waals surface area (Å²) in [7, 11) is 0. The van der Waals surface area contributed by atoms with E-state index in [1.54, 1.807) is 0 Å². The number of amides is 1. The van der Waals surface area contributed by atoms with Gasteiger partial charge >= 0.3 is 0 Å². The predicted molar refractivity (Wildman–Crippen MR) is 83.7 cm³/mol. The maximum absolute atomic E-state index is 12.1. The number of carbonyl (C=O) groups excluding carboxylic acids is 1. The van der Waals surface area contributed by atoms with E-state index in [-0.39, 0.29) is 12.5 Å². The molecule has 0 unspecified atom stereocenters. The highest BCUT2D eigenvalue weighted by atomic mass is 79.9. The molecule has 1 fully saturated rings. The van der Waals surface area contributed by atoms with Crippen LogP contribution in [0.15, 0.2) is 28.7 Å². The molecule has 1 aliphatic rings. The molecule has 0 aliphatic heterocycles. The molecule has 1 saturated carbocycles. The molecule has 1 amide bonds. The first-order valence-electron chi connectivity index (χ1n) is 7.10. The Morgan fingerprint density at radius 1 is 1.40 bits per heavy atom. The Balaban J connectivity index is 1.89. The molecular formula is C15H21BrN2O2. The molecule has 0 aromatic heterocycles. The highest BCUT2D eigenvalue weighted by molar-refractivity contribution is 9.10. The van der Waals surface area contributed by atoms with Crippen LogP contribution in [0, 0.1) is 0 Å². The van der Waals surface area contributed by atoms with E-state index in [4.69, 9.17) is 5.11 Å². The molecule has 1 aromatic carbocycles. The minimum Gasteiger partial charge on any atom is -0.396 e. The fraction of sp³-hybridized carbons (Fsp3) is 0.533. The average molecular weight is 341 g/mol. The quantitative estimate of drug-likeness (QED) is 0.802. The van der Waals surface area contributed by atoms with Gasteiger partial charge in [0.25, 0.3) is 0 Å². The van der Waals surface area contributed by atoms with Crippen LogP contribution < -0.4 is 5.32 Å². The summed E-state index contributed by atoms with van der Waals surface area (Å²) in [6.45, 7) is 1.35. The van der Waals surface area contributed by atoms with Gasteiger partial charge in [-0.25, -0.2) is 0 Å². The fourth-order valence-electron chi connectivity index (χ4n) is 2.35. The molecule has 1 aromatic rings. The van der Waals surface area contributed by atoms with Gasteiger partial charge in [-0.05, 0) is 47.3 Å². The summed E-state index contributed by atoms with van der Waals surface area (Å²) < 4.78 is 0.888. The Labute approximate surface area is 128 Å². The van der Waals surface area contributed by atoms with Crippen LogP contribution in [0.5, 0.6) is 0 Å². The Kier molecular flexibility index (Phi) is 6.01. The zero-order chi connectivity index (χ0) is 14.4. The van der Waals surface area contributed by atoms with E-state index in [1.807, 2.05) is 24.3 Å². The number of hydrogen-bond acceptors (Lipinski definition) is 3. The van der Waals surface area contributed by atoms with E-state index in [9.17, 15) is 4.79 Å². The molecule has 20 heavy (non-hydrogen) atoms. The predicted octanol–water partition coefficient (Wildman–Crippen LogP) is 2.62. The smallest absolute Gasteiger partial charge is 0.238 e. The molecule has 0 saturated heterocycles. The van der Waals surface area contributed by atoms with Crippen LogP contribution in [0.25, 0.3) is 0 Å². The van der Waals surface area contributed by atoms with Gasteiger partial charge < -0.3 is 10.4 Å². The number of aliphatic hydroxyl groups is 1. The molecule has 0 spiro atoms. The van der Waals surface area contributed by atoms with Crippen molar-refractivity contribution in [2.45, 2.75) is 31.7 Å². The molecule has 0 radical (unpaired) electrons. The number of nitrogens with one attached hydrogen (secondary N) is 1. The van der Waals surface area contributed by atoms with Crippen LogP contribution in [0.3, 0.4) is 0 Å². The SMILES string of the molecule is O=C(CN(CCCO)C1CCC1)Nc1ccccc1Br. The fourth-order valence-corrected chi connectivity index (χ4v) is 2.74. The first kappa shape index (κ1) is 15.5. The first-order chi connectivity index (χ1) is 9.70. The maximum Gasteiger partial charge on any atom is 0.238 e. The number of hydrogen-bond donors (Lipinski definition) is 2. The van der Waals surface area contributed by atoms with E-state index >= 15 is 0 Å². The lowest BCUT2D eigenvalue weighted by molar-refractivity contribution is -0.118. The highest BCUT2D eigenvalue weighted by Gasteiger charge is 2.26. The van der Waals surface area contributed by atoms with Crippen LogP contribution in [0.2, 0.25) is 0 Å². The van der Waals surface area contributed by atoms with Gasteiger partial charge in [-0.3, -0.25) is 9.69 Å². The maximum atomic E-state index is 12.1. The van der Waals surface area contributed by atoms with Gasteiger partial charge in [0.2, 0.25) is 5.91 Å². The summed E-state index contributed by atoms with van der Waals surface area (Å²) in [5, 5.41) is 11.9. The number of halogens is 1. The zero-order valence-corrected chi connectivity index (χ0v) is 13.1. The standard InChI is InChI=1S/C15H21BrN2O2/c16-13-7-1-2-8-14(13)17-15(20)11-18(9-4-10-19)12-5-3-6-12/h1-2,7-8,12,19H,3-6,9-11H2,(H,17,20). The van der Waals surface area contributed by atoms with Crippen molar-refractivity contribution in [3.05, 3.63) is 28.7 Å². The van der Waals surface area contributed by atoms with Crippen molar-refractivity contribution in [3.63, 3.8) is 0 Å². The summed E-state index contributed by atoms with van der Waals surface area (Å²) >= 11 is 3.43. The van der Waals surface area contributed by atoms with Crippen molar-refractivity contribution in [1.29, 1.82) is 0 Å². The number of rotatable bonds is 7. The van der Waals surface area contributed by atoms with E-state index in [2.05, 4.69) is 26.1 Å². The lowest BCUT2D eigenvalue weighted by atomic mass is 9.91. The second kappa shape index (κ2) is 7.76. The summed E-state index contributed by atoms with van der Waals surface area (Å²) in [6.07, 6.45) is 4.28. The van der Waals surface area contributed by atoms with Crippen LogP contribution in [-0.4, -0.2) is 41.7 Å². The molecule has 110 valence electrons. The molecule has 0 atom stereocenters. The molecule has 0 bridgehead atoms. The van der Waals surface area contributed by atoms with Crippen molar-refractivity contribution in [2.24, 2.45) is 0 Å². The second-order valence-corrected chi connectivity index (χ2v) is 6.01. The van der Waals surface area contributed by atoms with Gasteiger partial charge in [0.1, 0.15) is 0 Å². The van der Waals surface area contributed by atoms with Crippen molar-refractivity contribution in [2.75, 3.05) is 25.0 Å². The molecule has 4 nitrogen and oxygen atoms in total. The highest BCUT2D eigenvalue weighted by Crippen LogP contribution is 2.25. The van der Waals surface area contributed by atoms with E-state index in [0.717, 1.165) is 36.0 Å². The third-order valence-corrected chi connectivity index (χ3v) is 4.38. The Bertz CT molecular complexity index is 449. The lowest BCUT2D eigenvalue weighted by Crippen LogP contribution is -2.45. The van der Waals surface area contributed by atoms with Gasteiger partial charge in [-0.15, -0.1) is 0 Å². The lowest BCUT2D eigenvalue weighted by Gasteiger charge is -2.37. The van der Waals surface area contributed by atoms with Crippen LogP contribution >= 0.6 is 15.9 Å². The minimum absolute atomic E-state index is 0.00161. The van der Waals surface area contributed by atoms with E-state index in [0.29, 0.717) is 12.6 Å². The third-order valence-electron chi connectivity index (χ3n) is 3.69. The summed E-state index contributed by atoms with van der Waals surface area (Å²) in [4.78, 5) is 14.3. The van der Waals surface area contributed by atoms with Gasteiger partial charge in [-0.1, -0.05) is 18.6 Å². The van der Waals surface area contributed by atoms with Crippen molar-refractivity contribution in [3.8, 4) is 0 Å². The Hall–Kier alpha value is -0.910. The number of aliphatic hydroxyl groups excluding tert-OH is 1. The van der Waals surface area contributed by atoms with Crippen LogP contribution in [0.4, 0.5) is 5.69 Å². The van der Waals surface area contributed by atoms with Crippen LogP contribution in [-0.2, 0) is 4.79 Å². The third kappa shape index (κ3) is 4.30. The average Bonchev–Trinajstić information content (AvgIpc) is 2.36. The summed E-state index contributed by atoms with van der Waals surface area (Å²) in [6, 6.07) is 8.11. The van der Waals surface area contributed by atoms with Crippen LogP contribution in [0.1, 0.15) is 25.7 Å². The number of anilines is 1. The summed E-state index contributed by atoms with van der Waals surface area (Å²) in [5.74, 6) is 0.00161. The number of benzene rings is 1. The van der Waals surface area contributed by atoms with Gasteiger partial charge in [-0.2, -0.15) is 0 Å². The minimum atomic E-state index is 0.00161. The van der Waals surface area contributed by atoms with Crippen molar-refractivity contribution >= 4 is 27.5 Å². The molecule has 0 heterocycles. The van der Waals surface area contributed by atoms with Crippen molar-refractivity contribution < 1.29 is 9.90 Å². The summed E-state index contributed by atoms with van der Waals surface area (Å²) in [5.41, 5.74) is 0.799. The number of nitrogens with zero attached hydrogens (tertiary/aromatic N) is 1. The topological polar surface area (TPSA) is 52.6 Å². The molecule has 2 N–H and O–H groups in total. The van der Waals surface area contributed by atoms with Gasteiger partial charge in [0.05, 0.1) is 12.2 Å². The molecule has 5 heteroatoms. The van der Waals surface area contributed by atoms with Crippen molar-refractivity contribution in [1.82, 2.24) is 4.90 Å². The van der Waals surface area contributed by atoms with Gasteiger partial charge in [0, 0.05) is 23.7 Å². The van der Waals surface area contributed by atoms with Gasteiger partial charge in [0.15, 0.2) is 0 Å². The monoisotopic (exact) mass is 340 g/mol. The van der Waals surface area contributed by atoms with E-state index < -0.39 is 0 Å². The number of carbonyl (C=O) groups is 1. The van der Waals surface area contributed by atoms with E-state index in [1.165, 1.54) is 6.42 Å². The molecule has 1 aliphatic carbocycles. The Morgan fingerprint density at radius 3 is 2.75 bits per heavy atom.